The topological polar surface area (TPSA) is 100 Å². The maximum atomic E-state index is 11.9. The van der Waals surface area contributed by atoms with E-state index in [4.69, 9.17) is 0 Å². The standard InChI is InChI=1S/C12H20N4O3S/c1-3-5-13-11-9-10(4-6-14-11)12(17)15-7-8-16-20(2,18)19/h4,6,9,16H,3,5,7-8H2,1-2H3,(H,13,14)(H,15,17). The molecule has 3 N–H and O–H groups in total. The van der Waals surface area contributed by atoms with Gasteiger partial charge in [0.2, 0.25) is 10.0 Å². The van der Waals surface area contributed by atoms with E-state index in [0.29, 0.717) is 11.4 Å². The number of hydrogen-bond donors (Lipinski definition) is 3. The number of rotatable bonds is 8. The fourth-order valence-corrected chi connectivity index (χ4v) is 1.91. The van der Waals surface area contributed by atoms with E-state index in [2.05, 4.69) is 20.3 Å². The molecule has 1 rings (SSSR count). The van der Waals surface area contributed by atoms with Crippen LogP contribution in [0.4, 0.5) is 5.82 Å². The summed E-state index contributed by atoms with van der Waals surface area (Å²) in [5.41, 5.74) is 0.484. The molecule has 0 radical (unpaired) electrons. The van der Waals surface area contributed by atoms with Crippen LogP contribution in [0.25, 0.3) is 0 Å². The molecule has 1 amide bonds. The zero-order valence-electron chi connectivity index (χ0n) is 11.6. The summed E-state index contributed by atoms with van der Waals surface area (Å²) >= 11 is 0. The van der Waals surface area contributed by atoms with Gasteiger partial charge in [0.25, 0.3) is 5.91 Å². The lowest BCUT2D eigenvalue weighted by Crippen LogP contribution is -2.34. The van der Waals surface area contributed by atoms with E-state index in [-0.39, 0.29) is 19.0 Å². The highest BCUT2D eigenvalue weighted by Gasteiger charge is 2.06. The molecule has 0 atom stereocenters. The van der Waals surface area contributed by atoms with Gasteiger partial charge in [-0.2, -0.15) is 0 Å². The van der Waals surface area contributed by atoms with Crippen LogP contribution in [-0.4, -0.2) is 45.2 Å². The molecule has 7 nitrogen and oxygen atoms in total. The van der Waals surface area contributed by atoms with Gasteiger partial charge >= 0.3 is 0 Å². The van der Waals surface area contributed by atoms with Crippen LogP contribution < -0.4 is 15.4 Å². The second kappa shape index (κ2) is 7.81. The summed E-state index contributed by atoms with van der Waals surface area (Å²) in [5, 5.41) is 5.73. The van der Waals surface area contributed by atoms with Crippen molar-refractivity contribution >= 4 is 21.7 Å². The number of nitrogens with zero attached hydrogens (tertiary/aromatic N) is 1. The van der Waals surface area contributed by atoms with E-state index in [1.54, 1.807) is 18.3 Å². The Morgan fingerprint density at radius 1 is 1.30 bits per heavy atom. The SMILES string of the molecule is CCCNc1cc(C(=O)NCCNS(C)(=O)=O)ccn1. The largest absolute Gasteiger partial charge is 0.370 e. The zero-order valence-corrected chi connectivity index (χ0v) is 12.5. The monoisotopic (exact) mass is 300 g/mol. The Labute approximate surface area is 119 Å². The lowest BCUT2D eigenvalue weighted by Gasteiger charge is -2.08. The molecule has 0 fully saturated rings. The summed E-state index contributed by atoms with van der Waals surface area (Å²) in [7, 11) is -3.22. The molecular formula is C12H20N4O3S. The van der Waals surface area contributed by atoms with Crippen molar-refractivity contribution in [1.82, 2.24) is 15.0 Å². The third-order valence-electron chi connectivity index (χ3n) is 2.35. The Balaban J connectivity index is 2.46. The Bertz CT molecular complexity index is 545. The van der Waals surface area contributed by atoms with E-state index in [1.807, 2.05) is 6.92 Å². The van der Waals surface area contributed by atoms with Crippen LogP contribution in [0, 0.1) is 0 Å². The molecule has 112 valence electrons. The number of aromatic nitrogens is 1. The van der Waals surface area contributed by atoms with Gasteiger partial charge < -0.3 is 10.6 Å². The number of sulfonamides is 1. The van der Waals surface area contributed by atoms with Crippen molar-refractivity contribution in [3.8, 4) is 0 Å². The predicted molar refractivity (Wildman–Crippen MR) is 78.2 cm³/mol. The summed E-state index contributed by atoms with van der Waals surface area (Å²) in [6, 6.07) is 3.27. The van der Waals surface area contributed by atoms with E-state index in [0.717, 1.165) is 19.2 Å². The van der Waals surface area contributed by atoms with Crippen molar-refractivity contribution in [2.75, 3.05) is 31.2 Å². The molecule has 0 spiro atoms. The third-order valence-corrected chi connectivity index (χ3v) is 3.08. The first-order valence-corrected chi connectivity index (χ1v) is 8.24. The Hall–Kier alpha value is -1.67. The predicted octanol–water partition coefficient (Wildman–Crippen LogP) is 0.183. The van der Waals surface area contributed by atoms with Crippen LogP contribution in [0.15, 0.2) is 18.3 Å². The zero-order chi connectivity index (χ0) is 15.0. The molecule has 20 heavy (non-hydrogen) atoms. The van der Waals surface area contributed by atoms with Crippen molar-refractivity contribution in [3.63, 3.8) is 0 Å². The number of anilines is 1. The summed E-state index contributed by atoms with van der Waals surface area (Å²) in [6.07, 6.45) is 3.60. The first-order chi connectivity index (χ1) is 9.42. The Morgan fingerprint density at radius 3 is 2.70 bits per heavy atom. The minimum atomic E-state index is -3.22. The summed E-state index contributed by atoms with van der Waals surface area (Å²) in [5.74, 6) is 0.385. The first-order valence-electron chi connectivity index (χ1n) is 6.35. The maximum absolute atomic E-state index is 11.9. The third kappa shape index (κ3) is 6.48. The van der Waals surface area contributed by atoms with Crippen LogP contribution in [0.5, 0.6) is 0 Å². The molecule has 0 unspecified atom stereocenters. The van der Waals surface area contributed by atoms with Crippen LogP contribution in [0.2, 0.25) is 0 Å². The average molecular weight is 300 g/mol. The first kappa shape index (κ1) is 16.4. The van der Waals surface area contributed by atoms with Crippen molar-refractivity contribution in [1.29, 1.82) is 0 Å². The lowest BCUT2D eigenvalue weighted by molar-refractivity contribution is 0.0954. The van der Waals surface area contributed by atoms with Gasteiger partial charge in [-0.1, -0.05) is 6.92 Å². The van der Waals surface area contributed by atoms with Gasteiger partial charge in [-0.25, -0.2) is 18.1 Å². The van der Waals surface area contributed by atoms with Crippen molar-refractivity contribution < 1.29 is 13.2 Å². The highest BCUT2D eigenvalue weighted by Crippen LogP contribution is 2.06. The minimum absolute atomic E-state index is 0.163. The maximum Gasteiger partial charge on any atom is 0.251 e. The highest BCUT2D eigenvalue weighted by atomic mass is 32.2. The highest BCUT2D eigenvalue weighted by molar-refractivity contribution is 7.88. The molecule has 0 saturated heterocycles. The van der Waals surface area contributed by atoms with Crippen LogP contribution >= 0.6 is 0 Å². The van der Waals surface area contributed by atoms with Gasteiger partial charge in [0, 0.05) is 31.4 Å². The van der Waals surface area contributed by atoms with Gasteiger partial charge in [0.1, 0.15) is 5.82 Å². The molecule has 8 heteroatoms. The molecule has 0 bridgehead atoms. The number of nitrogens with one attached hydrogen (secondary N) is 3. The van der Waals surface area contributed by atoms with Gasteiger partial charge in [-0.3, -0.25) is 4.79 Å². The number of carbonyl (C=O) groups is 1. The second-order valence-electron chi connectivity index (χ2n) is 4.28. The molecule has 1 aromatic rings. The molecule has 0 aliphatic carbocycles. The summed E-state index contributed by atoms with van der Waals surface area (Å²) in [4.78, 5) is 16.0. The number of carbonyl (C=O) groups excluding carboxylic acids is 1. The Morgan fingerprint density at radius 2 is 2.05 bits per heavy atom. The van der Waals surface area contributed by atoms with E-state index >= 15 is 0 Å². The lowest BCUT2D eigenvalue weighted by atomic mass is 10.2. The average Bonchev–Trinajstić information content (AvgIpc) is 2.40. The fourth-order valence-electron chi connectivity index (χ4n) is 1.44. The van der Waals surface area contributed by atoms with Crippen molar-refractivity contribution in [3.05, 3.63) is 23.9 Å². The number of pyridine rings is 1. The number of hydrogen-bond acceptors (Lipinski definition) is 5. The normalized spacial score (nSPS) is 11.1. The van der Waals surface area contributed by atoms with Crippen LogP contribution in [-0.2, 0) is 10.0 Å². The van der Waals surface area contributed by atoms with Gasteiger partial charge in [0.15, 0.2) is 0 Å². The Kier molecular flexibility index (Phi) is 6.40. The molecule has 0 aliphatic heterocycles. The van der Waals surface area contributed by atoms with Crippen molar-refractivity contribution in [2.24, 2.45) is 0 Å². The van der Waals surface area contributed by atoms with E-state index in [9.17, 15) is 13.2 Å². The van der Waals surface area contributed by atoms with E-state index in [1.165, 1.54) is 0 Å². The van der Waals surface area contributed by atoms with E-state index < -0.39 is 10.0 Å². The molecule has 1 heterocycles. The smallest absolute Gasteiger partial charge is 0.251 e. The van der Waals surface area contributed by atoms with Crippen LogP contribution in [0.1, 0.15) is 23.7 Å². The molecule has 1 aromatic heterocycles. The number of amides is 1. The van der Waals surface area contributed by atoms with Gasteiger partial charge in [0.05, 0.1) is 6.26 Å². The minimum Gasteiger partial charge on any atom is -0.370 e. The fraction of sp³-hybridized carbons (Fsp3) is 0.500. The molecule has 0 aliphatic rings. The van der Waals surface area contributed by atoms with Gasteiger partial charge in [-0.15, -0.1) is 0 Å². The summed E-state index contributed by atoms with van der Waals surface area (Å²) < 4.78 is 24.0. The summed E-state index contributed by atoms with van der Waals surface area (Å²) in [6.45, 7) is 3.22. The second-order valence-corrected chi connectivity index (χ2v) is 6.11. The molecule has 0 aromatic carbocycles. The van der Waals surface area contributed by atoms with Crippen molar-refractivity contribution in [2.45, 2.75) is 13.3 Å². The quantitative estimate of drug-likeness (QED) is 0.595. The molecular weight excluding hydrogens is 280 g/mol. The van der Waals surface area contributed by atoms with Crippen LogP contribution in [0.3, 0.4) is 0 Å². The molecule has 0 saturated carbocycles. The van der Waals surface area contributed by atoms with Gasteiger partial charge in [-0.05, 0) is 18.6 Å².